The van der Waals surface area contributed by atoms with E-state index in [0.29, 0.717) is 25.0 Å². The molecule has 6 heteroatoms. The molecule has 1 atom stereocenters. The summed E-state index contributed by atoms with van der Waals surface area (Å²) in [6, 6.07) is 6.22. The molecule has 0 aromatic heterocycles. The number of hydrogen-bond donors (Lipinski definition) is 2. The number of nitrogens with zero attached hydrogens (tertiary/aromatic N) is 1. The van der Waals surface area contributed by atoms with Crippen LogP contribution in [0.1, 0.15) is 19.4 Å². The van der Waals surface area contributed by atoms with Crippen molar-refractivity contribution in [3.63, 3.8) is 0 Å². The number of hydrogen-bond acceptors (Lipinski definition) is 3. The molecule has 2 amide bonds. The summed E-state index contributed by atoms with van der Waals surface area (Å²) in [7, 11) is 0. The minimum atomic E-state index is -0.275. The average Bonchev–Trinajstić information content (AvgIpc) is 2.55. The Bertz CT molecular complexity index is 487. The summed E-state index contributed by atoms with van der Waals surface area (Å²) >= 11 is 0. The van der Waals surface area contributed by atoms with Gasteiger partial charge in [0.2, 0.25) is 0 Å². The molecule has 0 aliphatic carbocycles. The summed E-state index contributed by atoms with van der Waals surface area (Å²) in [6.45, 7) is 8.63. The van der Waals surface area contributed by atoms with Gasteiger partial charge in [0.15, 0.2) is 0 Å². The molecular weight excluding hydrogens is 297 g/mol. The lowest BCUT2D eigenvalue weighted by molar-refractivity contribution is 0.00719. The Morgan fingerprint density at radius 2 is 1.87 bits per heavy atom. The molecule has 1 saturated heterocycles. The first-order valence-corrected chi connectivity index (χ1v) is 8.14. The molecule has 2 N–H and O–H groups in total. The number of morpholine rings is 1. The van der Waals surface area contributed by atoms with Crippen LogP contribution in [-0.2, 0) is 11.3 Å². The standard InChI is InChI=1S/C17H26FN3O2/c1-13(2)16(21-7-9-23-10-8-21)12-20-17(22)19-11-14-3-5-15(18)6-4-14/h3-6,13,16H,7-12H2,1-2H3,(H2,19,20,22)/t16-/m0/s1. The summed E-state index contributed by atoms with van der Waals surface area (Å²) in [6.07, 6.45) is 0. The van der Waals surface area contributed by atoms with Crippen LogP contribution in [0.5, 0.6) is 0 Å². The van der Waals surface area contributed by atoms with Crippen LogP contribution >= 0.6 is 0 Å². The Labute approximate surface area is 137 Å². The van der Waals surface area contributed by atoms with E-state index in [2.05, 4.69) is 29.4 Å². The van der Waals surface area contributed by atoms with Gasteiger partial charge in [0.25, 0.3) is 0 Å². The molecule has 2 rings (SSSR count). The van der Waals surface area contributed by atoms with Gasteiger partial charge >= 0.3 is 6.03 Å². The molecule has 1 aliphatic rings. The van der Waals surface area contributed by atoms with Gasteiger partial charge in [-0.1, -0.05) is 26.0 Å². The lowest BCUT2D eigenvalue weighted by Gasteiger charge is -2.36. The third kappa shape index (κ3) is 5.80. The topological polar surface area (TPSA) is 53.6 Å². The highest BCUT2D eigenvalue weighted by Crippen LogP contribution is 2.12. The second kappa shape index (κ2) is 8.84. The number of amides is 2. The van der Waals surface area contributed by atoms with Gasteiger partial charge in [-0.15, -0.1) is 0 Å². The quantitative estimate of drug-likeness (QED) is 0.842. The number of urea groups is 1. The van der Waals surface area contributed by atoms with Crippen LogP contribution < -0.4 is 10.6 Å². The number of ether oxygens (including phenoxy) is 1. The molecule has 23 heavy (non-hydrogen) atoms. The lowest BCUT2D eigenvalue weighted by Crippen LogP contribution is -2.52. The molecule has 0 spiro atoms. The fraction of sp³-hybridized carbons (Fsp3) is 0.588. The number of carbonyl (C=O) groups excluding carboxylic acids is 1. The predicted octanol–water partition coefficient (Wildman–Crippen LogP) is 1.98. The van der Waals surface area contributed by atoms with Crippen molar-refractivity contribution < 1.29 is 13.9 Å². The fourth-order valence-corrected chi connectivity index (χ4v) is 2.74. The first-order valence-electron chi connectivity index (χ1n) is 8.14. The van der Waals surface area contributed by atoms with Crippen LogP contribution in [0.3, 0.4) is 0 Å². The highest BCUT2D eigenvalue weighted by atomic mass is 19.1. The van der Waals surface area contributed by atoms with Crippen LogP contribution in [-0.4, -0.2) is 49.8 Å². The van der Waals surface area contributed by atoms with E-state index in [4.69, 9.17) is 4.74 Å². The zero-order valence-electron chi connectivity index (χ0n) is 13.8. The molecule has 0 bridgehead atoms. The SMILES string of the molecule is CC(C)[C@H](CNC(=O)NCc1ccc(F)cc1)N1CCOCC1. The third-order valence-corrected chi connectivity index (χ3v) is 4.12. The molecule has 1 aliphatic heterocycles. The van der Waals surface area contributed by atoms with Crippen LogP contribution in [0.25, 0.3) is 0 Å². The van der Waals surface area contributed by atoms with E-state index >= 15 is 0 Å². The molecule has 1 heterocycles. The molecule has 1 aromatic carbocycles. The normalized spacial score (nSPS) is 17.0. The number of halogens is 1. The maximum atomic E-state index is 12.8. The number of nitrogens with one attached hydrogen (secondary N) is 2. The number of benzene rings is 1. The summed E-state index contributed by atoms with van der Waals surface area (Å²) in [5, 5.41) is 5.74. The molecule has 1 fully saturated rings. The fourth-order valence-electron chi connectivity index (χ4n) is 2.74. The maximum Gasteiger partial charge on any atom is 0.315 e. The Hall–Kier alpha value is -1.66. The van der Waals surface area contributed by atoms with E-state index in [-0.39, 0.29) is 11.8 Å². The minimum absolute atomic E-state index is 0.201. The van der Waals surface area contributed by atoms with Gasteiger partial charge in [-0.05, 0) is 23.6 Å². The van der Waals surface area contributed by atoms with Crippen LogP contribution in [0, 0.1) is 11.7 Å². The van der Waals surface area contributed by atoms with Crippen molar-refractivity contribution in [1.29, 1.82) is 0 Å². The van der Waals surface area contributed by atoms with Crippen LogP contribution in [0.15, 0.2) is 24.3 Å². The van der Waals surface area contributed by atoms with Crippen molar-refractivity contribution in [2.24, 2.45) is 5.92 Å². The van der Waals surface area contributed by atoms with Crippen LogP contribution in [0.4, 0.5) is 9.18 Å². The van der Waals surface area contributed by atoms with Gasteiger partial charge in [0.05, 0.1) is 13.2 Å². The Kier molecular flexibility index (Phi) is 6.80. The largest absolute Gasteiger partial charge is 0.379 e. The second-order valence-corrected chi connectivity index (χ2v) is 6.15. The van der Waals surface area contributed by atoms with Crippen molar-refractivity contribution in [3.05, 3.63) is 35.6 Å². The first-order chi connectivity index (χ1) is 11.1. The summed E-state index contributed by atoms with van der Waals surface area (Å²) in [5.41, 5.74) is 0.870. The smallest absolute Gasteiger partial charge is 0.315 e. The Morgan fingerprint density at radius 3 is 2.48 bits per heavy atom. The van der Waals surface area contributed by atoms with E-state index < -0.39 is 0 Å². The van der Waals surface area contributed by atoms with Gasteiger partial charge in [0.1, 0.15) is 5.82 Å². The second-order valence-electron chi connectivity index (χ2n) is 6.15. The minimum Gasteiger partial charge on any atom is -0.379 e. The van der Waals surface area contributed by atoms with E-state index in [0.717, 1.165) is 31.9 Å². The van der Waals surface area contributed by atoms with Gasteiger partial charge < -0.3 is 15.4 Å². The zero-order valence-corrected chi connectivity index (χ0v) is 13.8. The summed E-state index contributed by atoms with van der Waals surface area (Å²) in [4.78, 5) is 14.3. The van der Waals surface area contributed by atoms with Gasteiger partial charge in [-0.2, -0.15) is 0 Å². The Balaban J connectivity index is 1.75. The molecule has 0 unspecified atom stereocenters. The first kappa shape index (κ1) is 17.7. The van der Waals surface area contributed by atoms with E-state index in [1.807, 2.05) is 0 Å². The van der Waals surface area contributed by atoms with E-state index in [9.17, 15) is 9.18 Å². The number of rotatable bonds is 6. The van der Waals surface area contributed by atoms with Crippen molar-refractivity contribution in [2.75, 3.05) is 32.8 Å². The van der Waals surface area contributed by atoms with Crippen LogP contribution in [0.2, 0.25) is 0 Å². The molecule has 0 radical (unpaired) electrons. The van der Waals surface area contributed by atoms with Gasteiger partial charge in [-0.25, -0.2) is 9.18 Å². The summed E-state index contributed by atoms with van der Waals surface area (Å²) in [5.74, 6) is 0.175. The van der Waals surface area contributed by atoms with Gasteiger partial charge in [0, 0.05) is 32.2 Å². The third-order valence-electron chi connectivity index (χ3n) is 4.12. The van der Waals surface area contributed by atoms with Crippen molar-refractivity contribution in [2.45, 2.75) is 26.4 Å². The molecule has 1 aromatic rings. The Morgan fingerprint density at radius 1 is 1.22 bits per heavy atom. The molecule has 128 valence electrons. The maximum absolute atomic E-state index is 12.8. The van der Waals surface area contributed by atoms with Crippen molar-refractivity contribution in [1.82, 2.24) is 15.5 Å². The highest BCUT2D eigenvalue weighted by Gasteiger charge is 2.24. The van der Waals surface area contributed by atoms with E-state index in [1.165, 1.54) is 12.1 Å². The summed E-state index contributed by atoms with van der Waals surface area (Å²) < 4.78 is 18.2. The number of carbonyl (C=O) groups is 1. The monoisotopic (exact) mass is 323 g/mol. The van der Waals surface area contributed by atoms with Crippen molar-refractivity contribution >= 4 is 6.03 Å². The molecule has 5 nitrogen and oxygen atoms in total. The van der Waals surface area contributed by atoms with Gasteiger partial charge in [-0.3, -0.25) is 4.90 Å². The molecule has 0 saturated carbocycles. The van der Waals surface area contributed by atoms with E-state index in [1.54, 1.807) is 12.1 Å². The van der Waals surface area contributed by atoms with Crippen molar-refractivity contribution in [3.8, 4) is 0 Å². The predicted molar refractivity (Wildman–Crippen MR) is 87.7 cm³/mol. The zero-order chi connectivity index (χ0) is 16.7. The lowest BCUT2D eigenvalue weighted by atomic mass is 10.0. The molecular formula is C17H26FN3O2. The highest BCUT2D eigenvalue weighted by molar-refractivity contribution is 5.73. The average molecular weight is 323 g/mol.